The number of piperidine rings is 1. The molecular formula is C17H22N4O2S. The molecule has 0 bridgehead atoms. The lowest BCUT2D eigenvalue weighted by molar-refractivity contribution is -0.121. The number of carbonyl (C=O) groups excluding carboxylic acids is 2. The first-order chi connectivity index (χ1) is 11.4. The zero-order valence-electron chi connectivity index (χ0n) is 14.2. The molecule has 3 amide bonds. The van der Waals surface area contributed by atoms with Crippen molar-refractivity contribution in [2.45, 2.75) is 19.8 Å². The molecular weight excluding hydrogens is 324 g/mol. The van der Waals surface area contributed by atoms with Crippen LogP contribution in [0.15, 0.2) is 18.2 Å². The Kier molecular flexibility index (Phi) is 4.71. The highest BCUT2D eigenvalue weighted by Crippen LogP contribution is 2.28. The van der Waals surface area contributed by atoms with E-state index in [0.717, 1.165) is 23.1 Å². The van der Waals surface area contributed by atoms with Crippen molar-refractivity contribution in [2.24, 2.45) is 5.92 Å². The van der Waals surface area contributed by atoms with E-state index in [9.17, 15) is 9.59 Å². The average molecular weight is 346 g/mol. The van der Waals surface area contributed by atoms with Crippen LogP contribution < -0.4 is 5.32 Å². The van der Waals surface area contributed by atoms with Gasteiger partial charge in [0, 0.05) is 27.2 Å². The third kappa shape index (κ3) is 3.51. The zero-order chi connectivity index (χ0) is 17.3. The smallest absolute Gasteiger partial charge is 0.319 e. The molecule has 0 radical (unpaired) electrons. The summed E-state index contributed by atoms with van der Waals surface area (Å²) in [6.07, 6.45) is 1.64. The lowest BCUT2D eigenvalue weighted by Gasteiger charge is -2.33. The van der Waals surface area contributed by atoms with Crippen molar-refractivity contribution in [3.8, 4) is 0 Å². The van der Waals surface area contributed by atoms with Crippen LogP contribution in [0.5, 0.6) is 0 Å². The van der Waals surface area contributed by atoms with Gasteiger partial charge in [0.05, 0.1) is 16.1 Å². The quantitative estimate of drug-likeness (QED) is 0.909. The summed E-state index contributed by atoms with van der Waals surface area (Å²) in [5, 5.41) is 3.55. The second-order valence-electron chi connectivity index (χ2n) is 6.44. The van der Waals surface area contributed by atoms with Crippen LogP contribution in [0.25, 0.3) is 10.2 Å². The summed E-state index contributed by atoms with van der Waals surface area (Å²) in [5.74, 6) is -0.238. The van der Waals surface area contributed by atoms with Gasteiger partial charge in [0.15, 0.2) is 5.13 Å². The van der Waals surface area contributed by atoms with Crippen LogP contribution in [0.3, 0.4) is 0 Å². The monoisotopic (exact) mass is 346 g/mol. The minimum Gasteiger partial charge on any atom is -0.331 e. The standard InChI is InChI=1S/C17H22N4O2S/c1-11-6-7-13-14(9-11)24-16(18-13)19-15(22)12-5-4-8-21(10-12)17(23)20(2)3/h6-7,9,12H,4-5,8,10H2,1-3H3,(H,18,19,22)/t12-/m1/s1. The predicted molar refractivity (Wildman–Crippen MR) is 96.4 cm³/mol. The van der Waals surface area contributed by atoms with Gasteiger partial charge in [0.25, 0.3) is 0 Å². The Labute approximate surface area is 145 Å². The number of nitrogens with zero attached hydrogens (tertiary/aromatic N) is 3. The van der Waals surface area contributed by atoms with Crippen molar-refractivity contribution in [3.05, 3.63) is 23.8 Å². The molecule has 3 rings (SSSR count). The number of benzene rings is 1. The largest absolute Gasteiger partial charge is 0.331 e. The fourth-order valence-electron chi connectivity index (χ4n) is 2.94. The third-order valence-electron chi connectivity index (χ3n) is 4.22. The fourth-order valence-corrected chi connectivity index (χ4v) is 3.91. The summed E-state index contributed by atoms with van der Waals surface area (Å²) in [5.41, 5.74) is 2.07. The Morgan fingerprint density at radius 2 is 2.17 bits per heavy atom. The van der Waals surface area contributed by atoms with E-state index in [-0.39, 0.29) is 17.9 Å². The molecule has 24 heavy (non-hydrogen) atoms. The maximum absolute atomic E-state index is 12.6. The molecule has 1 aromatic heterocycles. The van der Waals surface area contributed by atoms with Crippen LogP contribution in [0.4, 0.5) is 9.93 Å². The molecule has 1 saturated heterocycles. The molecule has 0 unspecified atom stereocenters. The van der Waals surface area contributed by atoms with Crippen molar-refractivity contribution in [3.63, 3.8) is 0 Å². The van der Waals surface area contributed by atoms with Crippen LogP contribution >= 0.6 is 11.3 Å². The molecule has 1 fully saturated rings. The second-order valence-corrected chi connectivity index (χ2v) is 7.47. The molecule has 0 spiro atoms. The van der Waals surface area contributed by atoms with E-state index in [2.05, 4.69) is 16.4 Å². The van der Waals surface area contributed by atoms with Gasteiger partial charge in [0.2, 0.25) is 5.91 Å². The summed E-state index contributed by atoms with van der Waals surface area (Å²) in [6.45, 7) is 3.21. The molecule has 6 nitrogen and oxygen atoms in total. The number of carbonyl (C=O) groups is 2. The Bertz CT molecular complexity index is 771. The highest BCUT2D eigenvalue weighted by Gasteiger charge is 2.29. The number of nitrogens with one attached hydrogen (secondary N) is 1. The fraction of sp³-hybridized carbons (Fsp3) is 0.471. The van der Waals surface area contributed by atoms with Crippen molar-refractivity contribution in [1.29, 1.82) is 0 Å². The van der Waals surface area contributed by atoms with Crippen LogP contribution in [-0.4, -0.2) is 53.9 Å². The summed E-state index contributed by atoms with van der Waals surface area (Å²) < 4.78 is 1.07. The number of aromatic nitrogens is 1. The van der Waals surface area contributed by atoms with E-state index in [1.165, 1.54) is 16.9 Å². The maximum Gasteiger partial charge on any atom is 0.319 e. The lowest BCUT2D eigenvalue weighted by atomic mass is 9.97. The number of amides is 3. The van der Waals surface area contributed by atoms with Gasteiger partial charge >= 0.3 is 6.03 Å². The van der Waals surface area contributed by atoms with Gasteiger partial charge in [-0.05, 0) is 37.5 Å². The number of anilines is 1. The van der Waals surface area contributed by atoms with Gasteiger partial charge in [-0.15, -0.1) is 0 Å². The molecule has 0 saturated carbocycles. The molecule has 1 aromatic carbocycles. The molecule has 7 heteroatoms. The van der Waals surface area contributed by atoms with Gasteiger partial charge < -0.3 is 15.1 Å². The number of urea groups is 1. The molecule has 2 aromatic rings. The van der Waals surface area contributed by atoms with Crippen molar-refractivity contribution >= 4 is 38.6 Å². The number of rotatable bonds is 2. The molecule has 0 aliphatic carbocycles. The summed E-state index contributed by atoms with van der Waals surface area (Å²) in [6, 6.07) is 6.01. The molecule has 1 aliphatic rings. The average Bonchev–Trinajstić information content (AvgIpc) is 2.95. The minimum atomic E-state index is -0.184. The van der Waals surface area contributed by atoms with Gasteiger partial charge in [-0.3, -0.25) is 4.79 Å². The highest BCUT2D eigenvalue weighted by molar-refractivity contribution is 7.22. The first-order valence-electron chi connectivity index (χ1n) is 8.08. The van der Waals surface area contributed by atoms with E-state index >= 15 is 0 Å². The summed E-state index contributed by atoms with van der Waals surface area (Å²) in [7, 11) is 3.46. The first kappa shape index (κ1) is 16.7. The molecule has 1 N–H and O–H groups in total. The lowest BCUT2D eigenvalue weighted by Crippen LogP contribution is -2.47. The van der Waals surface area contributed by atoms with Gasteiger partial charge in [-0.2, -0.15) is 0 Å². The van der Waals surface area contributed by atoms with Crippen LogP contribution in [0.2, 0.25) is 0 Å². The topological polar surface area (TPSA) is 65.5 Å². The summed E-state index contributed by atoms with van der Waals surface area (Å²) in [4.78, 5) is 32.4. The van der Waals surface area contributed by atoms with Gasteiger partial charge in [0.1, 0.15) is 0 Å². The Morgan fingerprint density at radius 3 is 2.92 bits per heavy atom. The predicted octanol–water partition coefficient (Wildman–Crippen LogP) is 2.94. The molecule has 128 valence electrons. The van der Waals surface area contributed by atoms with E-state index in [1.54, 1.807) is 23.9 Å². The summed E-state index contributed by atoms with van der Waals surface area (Å²) >= 11 is 1.48. The molecule has 1 aliphatic heterocycles. The van der Waals surface area contributed by atoms with E-state index in [4.69, 9.17) is 0 Å². The number of hydrogen-bond donors (Lipinski definition) is 1. The zero-order valence-corrected chi connectivity index (χ0v) is 15.0. The van der Waals surface area contributed by atoms with Crippen LogP contribution in [-0.2, 0) is 4.79 Å². The number of aryl methyl sites for hydroxylation is 1. The highest BCUT2D eigenvalue weighted by atomic mass is 32.1. The SMILES string of the molecule is Cc1ccc2nc(NC(=O)[C@@H]3CCCN(C(=O)N(C)C)C3)sc2c1. The Balaban J connectivity index is 1.68. The van der Waals surface area contributed by atoms with Crippen LogP contribution in [0.1, 0.15) is 18.4 Å². The molecule has 2 heterocycles. The molecule has 1 atom stereocenters. The van der Waals surface area contributed by atoms with Crippen molar-refractivity contribution in [1.82, 2.24) is 14.8 Å². The van der Waals surface area contributed by atoms with E-state index in [1.807, 2.05) is 19.1 Å². The normalized spacial score (nSPS) is 17.8. The second kappa shape index (κ2) is 6.76. The number of hydrogen-bond acceptors (Lipinski definition) is 4. The Hall–Kier alpha value is -2.15. The number of fused-ring (bicyclic) bond motifs is 1. The van der Waals surface area contributed by atoms with Gasteiger partial charge in [-0.1, -0.05) is 17.4 Å². The number of thiazole rings is 1. The maximum atomic E-state index is 12.6. The number of likely N-dealkylation sites (tertiary alicyclic amines) is 1. The first-order valence-corrected chi connectivity index (χ1v) is 8.90. The van der Waals surface area contributed by atoms with Crippen LogP contribution in [0, 0.1) is 12.8 Å². The minimum absolute atomic E-state index is 0.0389. The van der Waals surface area contributed by atoms with E-state index in [0.29, 0.717) is 18.2 Å². The van der Waals surface area contributed by atoms with E-state index < -0.39 is 0 Å². The van der Waals surface area contributed by atoms with Gasteiger partial charge in [-0.25, -0.2) is 9.78 Å². The van der Waals surface area contributed by atoms with Crippen molar-refractivity contribution < 1.29 is 9.59 Å². The van der Waals surface area contributed by atoms with Crippen molar-refractivity contribution in [2.75, 3.05) is 32.5 Å². The third-order valence-corrected chi connectivity index (χ3v) is 5.15. The Morgan fingerprint density at radius 1 is 1.38 bits per heavy atom.